The van der Waals surface area contributed by atoms with Crippen molar-refractivity contribution in [3.05, 3.63) is 65.2 Å². The number of carbonyl (C=O) groups excluding carboxylic acids is 1. The first-order valence-corrected chi connectivity index (χ1v) is 10.3. The minimum Gasteiger partial charge on any atom is -0.493 e. The number of benzene rings is 2. The molecule has 2 N–H and O–H groups in total. The largest absolute Gasteiger partial charge is 0.493 e. The van der Waals surface area contributed by atoms with Gasteiger partial charge in [0.25, 0.3) is 0 Å². The number of likely N-dealkylation sites (tertiary alicyclic amines) is 1. The number of nitrogens with one attached hydrogen (secondary N) is 2. The minimum absolute atomic E-state index is 0.00598. The molecule has 2 heterocycles. The molecule has 1 saturated heterocycles. The van der Waals surface area contributed by atoms with Gasteiger partial charge < -0.3 is 15.4 Å². The van der Waals surface area contributed by atoms with Crippen molar-refractivity contribution in [3.63, 3.8) is 0 Å². The molecule has 2 aromatic carbocycles. The fourth-order valence-corrected chi connectivity index (χ4v) is 4.12. The van der Waals surface area contributed by atoms with Crippen molar-refractivity contribution in [3.8, 4) is 5.75 Å². The molecule has 2 aliphatic heterocycles. The van der Waals surface area contributed by atoms with Gasteiger partial charge in [0.1, 0.15) is 5.75 Å². The van der Waals surface area contributed by atoms with Crippen LogP contribution in [0.25, 0.3) is 0 Å². The summed E-state index contributed by atoms with van der Waals surface area (Å²) in [5.41, 5.74) is 3.55. The van der Waals surface area contributed by atoms with Crippen molar-refractivity contribution in [2.45, 2.75) is 44.8 Å². The van der Waals surface area contributed by atoms with Gasteiger partial charge in [-0.05, 0) is 43.1 Å². The molecule has 0 aromatic heterocycles. The summed E-state index contributed by atoms with van der Waals surface area (Å²) in [5, 5.41) is 6.15. The molecule has 5 heteroatoms. The Bertz CT molecular complexity index is 802. The van der Waals surface area contributed by atoms with Gasteiger partial charge in [-0.2, -0.15) is 0 Å². The van der Waals surface area contributed by atoms with Crippen molar-refractivity contribution in [1.82, 2.24) is 15.5 Å². The maximum absolute atomic E-state index is 12.5. The van der Waals surface area contributed by atoms with Gasteiger partial charge in [-0.3, -0.25) is 4.90 Å². The number of urea groups is 1. The number of amides is 2. The quantitative estimate of drug-likeness (QED) is 0.826. The summed E-state index contributed by atoms with van der Waals surface area (Å²) in [4.78, 5) is 15.0. The second kappa shape index (κ2) is 9.11. The first-order chi connectivity index (χ1) is 13.8. The van der Waals surface area contributed by atoms with E-state index in [4.69, 9.17) is 4.74 Å². The average molecular weight is 380 g/mol. The summed E-state index contributed by atoms with van der Waals surface area (Å²) in [6, 6.07) is 16.2. The summed E-state index contributed by atoms with van der Waals surface area (Å²) >= 11 is 0. The number of nitrogens with zero attached hydrogens (tertiary/aromatic N) is 1. The SMILES string of the molecule is O=C(NCc1ccccc1CN1CCCCC1)N[C@H]1CCOc2ccccc21. The smallest absolute Gasteiger partial charge is 0.315 e. The number of ether oxygens (including phenoxy) is 1. The third-order valence-electron chi connectivity index (χ3n) is 5.66. The highest BCUT2D eigenvalue weighted by Crippen LogP contribution is 2.31. The van der Waals surface area contributed by atoms with E-state index in [9.17, 15) is 4.79 Å². The van der Waals surface area contributed by atoms with E-state index in [1.165, 1.54) is 43.5 Å². The zero-order valence-corrected chi connectivity index (χ0v) is 16.3. The van der Waals surface area contributed by atoms with Crippen molar-refractivity contribution in [2.75, 3.05) is 19.7 Å². The Morgan fingerprint density at radius 3 is 2.61 bits per heavy atom. The van der Waals surface area contributed by atoms with E-state index in [0.717, 1.165) is 24.3 Å². The molecule has 0 saturated carbocycles. The number of hydrogen-bond acceptors (Lipinski definition) is 3. The van der Waals surface area contributed by atoms with Crippen molar-refractivity contribution in [1.29, 1.82) is 0 Å². The van der Waals surface area contributed by atoms with E-state index in [0.29, 0.717) is 13.2 Å². The summed E-state index contributed by atoms with van der Waals surface area (Å²) in [7, 11) is 0. The van der Waals surface area contributed by atoms with E-state index in [2.05, 4.69) is 33.7 Å². The van der Waals surface area contributed by atoms with Gasteiger partial charge in [-0.15, -0.1) is 0 Å². The molecule has 5 nitrogen and oxygen atoms in total. The van der Waals surface area contributed by atoms with Crippen LogP contribution in [0.2, 0.25) is 0 Å². The number of hydrogen-bond donors (Lipinski definition) is 2. The highest BCUT2D eigenvalue weighted by atomic mass is 16.5. The predicted molar refractivity (Wildman–Crippen MR) is 110 cm³/mol. The van der Waals surface area contributed by atoms with Gasteiger partial charge in [0.15, 0.2) is 0 Å². The van der Waals surface area contributed by atoms with Gasteiger partial charge in [-0.1, -0.05) is 48.9 Å². The van der Waals surface area contributed by atoms with Crippen LogP contribution in [-0.2, 0) is 13.1 Å². The zero-order chi connectivity index (χ0) is 19.2. The monoisotopic (exact) mass is 379 g/mol. The summed E-state index contributed by atoms with van der Waals surface area (Å²) in [6.45, 7) is 4.48. The van der Waals surface area contributed by atoms with E-state index < -0.39 is 0 Å². The van der Waals surface area contributed by atoms with Gasteiger partial charge in [0, 0.05) is 25.1 Å². The summed E-state index contributed by atoms with van der Waals surface area (Å²) in [6.07, 6.45) is 4.70. The van der Waals surface area contributed by atoms with Crippen molar-refractivity contribution >= 4 is 6.03 Å². The fraction of sp³-hybridized carbons (Fsp3) is 0.435. The molecule has 0 radical (unpaired) electrons. The highest BCUT2D eigenvalue weighted by Gasteiger charge is 2.22. The molecule has 0 aliphatic carbocycles. The van der Waals surface area contributed by atoms with Crippen LogP contribution in [0.3, 0.4) is 0 Å². The highest BCUT2D eigenvalue weighted by molar-refractivity contribution is 5.74. The number of carbonyl (C=O) groups is 1. The van der Waals surface area contributed by atoms with Gasteiger partial charge in [0.05, 0.1) is 12.6 Å². The van der Waals surface area contributed by atoms with Crippen LogP contribution in [0.5, 0.6) is 5.75 Å². The lowest BCUT2D eigenvalue weighted by Crippen LogP contribution is -2.39. The Labute approximate surface area is 167 Å². The Kier molecular flexibility index (Phi) is 6.12. The molecule has 0 spiro atoms. The molecular weight excluding hydrogens is 350 g/mol. The average Bonchev–Trinajstić information content (AvgIpc) is 2.74. The van der Waals surface area contributed by atoms with Gasteiger partial charge in [0.2, 0.25) is 0 Å². The molecule has 2 amide bonds. The molecule has 28 heavy (non-hydrogen) atoms. The second-order valence-corrected chi connectivity index (χ2v) is 7.66. The normalized spacial score (nSPS) is 19.4. The fourth-order valence-electron chi connectivity index (χ4n) is 4.12. The molecular formula is C23H29N3O2. The van der Waals surface area contributed by atoms with Crippen molar-refractivity contribution < 1.29 is 9.53 Å². The second-order valence-electron chi connectivity index (χ2n) is 7.66. The van der Waals surface area contributed by atoms with Crippen LogP contribution < -0.4 is 15.4 Å². The molecule has 2 aliphatic rings. The first kappa shape index (κ1) is 18.8. The van der Waals surface area contributed by atoms with E-state index in [-0.39, 0.29) is 12.1 Å². The molecule has 148 valence electrons. The summed E-state index contributed by atoms with van der Waals surface area (Å²) < 4.78 is 5.68. The van der Waals surface area contributed by atoms with Crippen LogP contribution in [-0.4, -0.2) is 30.6 Å². The lowest BCUT2D eigenvalue weighted by Gasteiger charge is -2.28. The van der Waals surface area contributed by atoms with E-state index in [1.54, 1.807) is 0 Å². The van der Waals surface area contributed by atoms with Crippen molar-refractivity contribution in [2.24, 2.45) is 0 Å². The predicted octanol–water partition coefficient (Wildman–Crippen LogP) is 4.00. The molecule has 1 atom stereocenters. The molecule has 4 rings (SSSR count). The molecule has 0 bridgehead atoms. The van der Waals surface area contributed by atoms with Gasteiger partial charge in [-0.25, -0.2) is 4.79 Å². The van der Waals surface area contributed by atoms with E-state index in [1.807, 2.05) is 30.3 Å². The first-order valence-electron chi connectivity index (χ1n) is 10.3. The lowest BCUT2D eigenvalue weighted by atomic mass is 10.0. The van der Waals surface area contributed by atoms with Crippen LogP contribution in [0.4, 0.5) is 4.79 Å². The number of para-hydroxylation sites is 1. The van der Waals surface area contributed by atoms with Gasteiger partial charge >= 0.3 is 6.03 Å². The zero-order valence-electron chi connectivity index (χ0n) is 16.3. The molecule has 1 fully saturated rings. The van der Waals surface area contributed by atoms with Crippen LogP contribution >= 0.6 is 0 Å². The number of rotatable bonds is 5. The maximum Gasteiger partial charge on any atom is 0.315 e. The Hall–Kier alpha value is -2.53. The Balaban J connectivity index is 1.34. The van der Waals surface area contributed by atoms with Crippen LogP contribution in [0, 0.1) is 0 Å². The third kappa shape index (κ3) is 4.65. The standard InChI is InChI=1S/C23H29N3O2/c27-23(25-21-12-15-28-22-11-5-4-10-20(21)22)24-16-18-8-2-3-9-19(18)17-26-13-6-1-7-14-26/h2-5,8-11,21H,1,6-7,12-17H2,(H2,24,25,27)/t21-/m0/s1. The van der Waals surface area contributed by atoms with Crippen LogP contribution in [0.1, 0.15) is 48.4 Å². The minimum atomic E-state index is -0.130. The van der Waals surface area contributed by atoms with E-state index >= 15 is 0 Å². The number of fused-ring (bicyclic) bond motifs is 1. The Morgan fingerprint density at radius 1 is 1.00 bits per heavy atom. The lowest BCUT2D eigenvalue weighted by molar-refractivity contribution is 0.219. The van der Waals surface area contributed by atoms with Crippen LogP contribution in [0.15, 0.2) is 48.5 Å². The maximum atomic E-state index is 12.5. The third-order valence-corrected chi connectivity index (χ3v) is 5.66. The topological polar surface area (TPSA) is 53.6 Å². The number of piperidine rings is 1. The molecule has 0 unspecified atom stereocenters. The summed E-state index contributed by atoms with van der Waals surface area (Å²) in [5.74, 6) is 0.867. The Morgan fingerprint density at radius 2 is 1.75 bits per heavy atom. The molecule has 2 aromatic rings.